The molecule has 6 heteroatoms. The number of rotatable bonds is 3. The zero-order chi connectivity index (χ0) is 13.2. The summed E-state index contributed by atoms with van der Waals surface area (Å²) < 4.78 is 11.0. The van der Waals surface area contributed by atoms with Crippen LogP contribution in [0.2, 0.25) is 0 Å². The number of benzene rings is 1. The number of pyridine rings is 1. The number of thioether (sulfide) groups is 1. The van der Waals surface area contributed by atoms with Crippen molar-refractivity contribution in [3.63, 3.8) is 0 Å². The molecule has 19 heavy (non-hydrogen) atoms. The van der Waals surface area contributed by atoms with Crippen molar-refractivity contribution >= 4 is 28.6 Å². The van der Waals surface area contributed by atoms with E-state index in [0.29, 0.717) is 19.0 Å². The Hall–Kier alpha value is -1.95. The molecule has 0 saturated carbocycles. The van der Waals surface area contributed by atoms with Gasteiger partial charge in [-0.2, -0.15) is 0 Å². The Bertz CT molecular complexity index is 645. The largest absolute Gasteiger partial charge is 0.486 e. The van der Waals surface area contributed by atoms with Crippen molar-refractivity contribution < 1.29 is 14.3 Å². The van der Waals surface area contributed by atoms with Gasteiger partial charge in [-0.25, -0.2) is 4.98 Å². The molecule has 0 atom stereocenters. The summed E-state index contributed by atoms with van der Waals surface area (Å²) in [5.41, 5.74) is 5.94. The molecular weight excluding hydrogens is 264 g/mol. The number of nitrogens with zero attached hydrogens (tertiary/aromatic N) is 1. The molecule has 1 amide bonds. The smallest absolute Gasteiger partial charge is 0.227 e. The van der Waals surface area contributed by atoms with E-state index in [1.807, 2.05) is 24.3 Å². The lowest BCUT2D eigenvalue weighted by molar-refractivity contribution is -0.115. The highest BCUT2D eigenvalue weighted by atomic mass is 32.2. The molecule has 0 bridgehead atoms. The molecule has 1 aromatic heterocycles. The zero-order valence-electron chi connectivity index (χ0n) is 10.1. The highest BCUT2D eigenvalue weighted by Crippen LogP contribution is 2.34. The lowest BCUT2D eigenvalue weighted by Gasteiger charge is -2.18. The third-order valence-electron chi connectivity index (χ3n) is 2.69. The van der Waals surface area contributed by atoms with Crippen LogP contribution in [0.1, 0.15) is 0 Å². The topological polar surface area (TPSA) is 74.4 Å². The Balaban J connectivity index is 1.95. The first-order chi connectivity index (χ1) is 9.22. The minimum Gasteiger partial charge on any atom is -0.486 e. The number of primary amides is 1. The van der Waals surface area contributed by atoms with Gasteiger partial charge in [-0.15, -0.1) is 0 Å². The molecule has 2 heterocycles. The van der Waals surface area contributed by atoms with Gasteiger partial charge in [-0.1, -0.05) is 11.8 Å². The molecule has 0 unspecified atom stereocenters. The first-order valence-electron chi connectivity index (χ1n) is 5.84. The van der Waals surface area contributed by atoms with E-state index in [9.17, 15) is 4.79 Å². The molecule has 2 N–H and O–H groups in total. The van der Waals surface area contributed by atoms with Gasteiger partial charge in [-0.3, -0.25) is 4.79 Å². The fourth-order valence-electron chi connectivity index (χ4n) is 1.87. The van der Waals surface area contributed by atoms with Crippen LogP contribution in [-0.4, -0.2) is 29.9 Å². The SMILES string of the molecule is NC(=O)CSc1ccc2cc3c(cc2n1)OCCO3. The standard InChI is InChI=1S/C13H12N2O3S/c14-12(16)7-19-13-2-1-8-5-10-11(6-9(8)15-13)18-4-3-17-10/h1-2,5-6H,3-4,7H2,(H2,14,16). The van der Waals surface area contributed by atoms with E-state index in [-0.39, 0.29) is 11.7 Å². The highest BCUT2D eigenvalue weighted by molar-refractivity contribution is 7.99. The van der Waals surface area contributed by atoms with Gasteiger partial charge in [0.15, 0.2) is 11.5 Å². The maximum Gasteiger partial charge on any atom is 0.227 e. The van der Waals surface area contributed by atoms with Crippen molar-refractivity contribution in [3.05, 3.63) is 24.3 Å². The number of carbonyl (C=O) groups is 1. The summed E-state index contributed by atoms with van der Waals surface area (Å²) in [6.45, 7) is 1.12. The van der Waals surface area contributed by atoms with Gasteiger partial charge in [-0.05, 0) is 18.2 Å². The average molecular weight is 276 g/mol. The molecule has 98 valence electrons. The van der Waals surface area contributed by atoms with E-state index in [1.54, 1.807) is 0 Å². The van der Waals surface area contributed by atoms with Crippen molar-refractivity contribution in [1.82, 2.24) is 4.98 Å². The summed E-state index contributed by atoms with van der Waals surface area (Å²) in [5, 5.41) is 1.75. The Morgan fingerprint density at radius 3 is 2.74 bits per heavy atom. The van der Waals surface area contributed by atoms with E-state index in [4.69, 9.17) is 15.2 Å². The van der Waals surface area contributed by atoms with Crippen LogP contribution in [-0.2, 0) is 4.79 Å². The van der Waals surface area contributed by atoms with Crippen LogP contribution in [0.3, 0.4) is 0 Å². The summed E-state index contributed by atoms with van der Waals surface area (Å²) in [6.07, 6.45) is 0. The molecule has 0 fully saturated rings. The number of fused-ring (bicyclic) bond motifs is 2. The van der Waals surface area contributed by atoms with Gasteiger partial charge in [0.2, 0.25) is 5.91 Å². The normalized spacial score (nSPS) is 13.5. The third-order valence-corrected chi connectivity index (χ3v) is 3.64. The zero-order valence-corrected chi connectivity index (χ0v) is 10.9. The fraction of sp³-hybridized carbons (Fsp3) is 0.231. The van der Waals surface area contributed by atoms with Gasteiger partial charge in [0.05, 0.1) is 16.3 Å². The fourth-order valence-corrected chi connectivity index (χ4v) is 2.48. The highest BCUT2D eigenvalue weighted by Gasteiger charge is 2.13. The summed E-state index contributed by atoms with van der Waals surface area (Å²) in [5.74, 6) is 1.33. The quantitative estimate of drug-likeness (QED) is 0.862. The molecule has 1 aromatic carbocycles. The molecule has 3 rings (SSSR count). The van der Waals surface area contributed by atoms with Gasteiger partial charge in [0, 0.05) is 11.5 Å². The van der Waals surface area contributed by atoms with E-state index in [0.717, 1.165) is 21.7 Å². The van der Waals surface area contributed by atoms with E-state index < -0.39 is 0 Å². The minimum atomic E-state index is -0.353. The van der Waals surface area contributed by atoms with Crippen molar-refractivity contribution in [2.75, 3.05) is 19.0 Å². The van der Waals surface area contributed by atoms with Crippen molar-refractivity contribution in [3.8, 4) is 11.5 Å². The number of ether oxygens (including phenoxy) is 2. The Kier molecular flexibility index (Phi) is 3.16. The molecule has 0 aliphatic carbocycles. The van der Waals surface area contributed by atoms with Crippen molar-refractivity contribution in [1.29, 1.82) is 0 Å². The number of nitrogens with two attached hydrogens (primary N) is 1. The molecule has 1 aliphatic rings. The summed E-state index contributed by atoms with van der Waals surface area (Å²) in [6, 6.07) is 7.59. The predicted molar refractivity (Wildman–Crippen MR) is 72.7 cm³/mol. The number of hydrogen-bond acceptors (Lipinski definition) is 5. The van der Waals surface area contributed by atoms with Gasteiger partial charge in [0.25, 0.3) is 0 Å². The van der Waals surface area contributed by atoms with Crippen LogP contribution in [0.4, 0.5) is 0 Å². The summed E-state index contributed by atoms with van der Waals surface area (Å²) >= 11 is 1.32. The van der Waals surface area contributed by atoms with Gasteiger partial charge in [0.1, 0.15) is 13.2 Å². The van der Waals surface area contributed by atoms with Gasteiger partial charge >= 0.3 is 0 Å². The lowest BCUT2D eigenvalue weighted by atomic mass is 10.2. The predicted octanol–water partition coefficient (Wildman–Crippen LogP) is 1.58. The first kappa shape index (κ1) is 12.1. The molecule has 1 aliphatic heterocycles. The van der Waals surface area contributed by atoms with Crippen molar-refractivity contribution in [2.45, 2.75) is 5.03 Å². The lowest BCUT2D eigenvalue weighted by Crippen LogP contribution is -2.15. The first-order valence-corrected chi connectivity index (χ1v) is 6.82. The number of aromatic nitrogens is 1. The third kappa shape index (κ3) is 2.58. The van der Waals surface area contributed by atoms with E-state index in [1.165, 1.54) is 11.8 Å². The number of amides is 1. The van der Waals surface area contributed by atoms with Gasteiger partial charge < -0.3 is 15.2 Å². The minimum absolute atomic E-state index is 0.225. The Morgan fingerprint density at radius 1 is 1.26 bits per heavy atom. The monoisotopic (exact) mass is 276 g/mol. The van der Waals surface area contributed by atoms with Crippen LogP contribution in [0.25, 0.3) is 10.9 Å². The van der Waals surface area contributed by atoms with E-state index in [2.05, 4.69) is 4.98 Å². The molecule has 0 radical (unpaired) electrons. The van der Waals surface area contributed by atoms with Crippen LogP contribution in [0.5, 0.6) is 11.5 Å². The van der Waals surface area contributed by atoms with Crippen LogP contribution in [0.15, 0.2) is 29.3 Å². The second kappa shape index (κ2) is 4.97. The average Bonchev–Trinajstić information content (AvgIpc) is 2.42. The molecule has 2 aromatic rings. The molecule has 0 saturated heterocycles. The van der Waals surface area contributed by atoms with Crippen LogP contribution in [0, 0.1) is 0 Å². The van der Waals surface area contributed by atoms with Crippen molar-refractivity contribution in [2.24, 2.45) is 5.73 Å². The maximum atomic E-state index is 10.8. The maximum absolute atomic E-state index is 10.8. The summed E-state index contributed by atoms with van der Waals surface area (Å²) in [4.78, 5) is 15.2. The molecule has 0 spiro atoms. The Morgan fingerprint density at radius 2 is 2.00 bits per heavy atom. The second-order valence-corrected chi connectivity index (χ2v) is 5.09. The second-order valence-electron chi connectivity index (χ2n) is 4.09. The molecular formula is C13H12N2O3S. The van der Waals surface area contributed by atoms with Crippen LogP contribution < -0.4 is 15.2 Å². The Labute approximate surface area is 114 Å². The van der Waals surface area contributed by atoms with Crippen LogP contribution >= 0.6 is 11.8 Å². The van der Waals surface area contributed by atoms with E-state index >= 15 is 0 Å². The number of carbonyl (C=O) groups excluding carboxylic acids is 1. The molecule has 5 nitrogen and oxygen atoms in total. The summed E-state index contributed by atoms with van der Waals surface area (Å²) in [7, 11) is 0. The number of hydrogen-bond donors (Lipinski definition) is 1.